The van der Waals surface area contributed by atoms with Crippen LogP contribution >= 0.6 is 0 Å². The van der Waals surface area contributed by atoms with E-state index < -0.39 is 0 Å². The van der Waals surface area contributed by atoms with Crippen LogP contribution in [0.4, 0.5) is 0 Å². The summed E-state index contributed by atoms with van der Waals surface area (Å²) in [6.45, 7) is 6.23. The predicted molar refractivity (Wildman–Crippen MR) is 67.2 cm³/mol. The molecule has 0 aromatic heterocycles. The van der Waals surface area contributed by atoms with Crippen molar-refractivity contribution in [1.82, 2.24) is 5.43 Å². The third-order valence-electron chi connectivity index (χ3n) is 2.89. The van der Waals surface area contributed by atoms with Gasteiger partial charge in [0.05, 0.1) is 0 Å². The molecule has 0 radical (unpaired) electrons. The first-order valence-corrected chi connectivity index (χ1v) is 5.63. The van der Waals surface area contributed by atoms with Gasteiger partial charge in [0.2, 0.25) is 5.91 Å². The fourth-order valence-electron chi connectivity index (χ4n) is 1.87. The van der Waals surface area contributed by atoms with Crippen molar-refractivity contribution in [3.63, 3.8) is 0 Å². The Hall–Kier alpha value is -1.55. The van der Waals surface area contributed by atoms with Crippen molar-refractivity contribution in [3.05, 3.63) is 29.8 Å². The molecule has 17 heavy (non-hydrogen) atoms. The number of aromatic hydroxyl groups is 1. The van der Waals surface area contributed by atoms with Gasteiger partial charge in [0.15, 0.2) is 0 Å². The summed E-state index contributed by atoms with van der Waals surface area (Å²) in [6, 6.07) is 6.95. The Bertz CT molecular complexity index is 379. The van der Waals surface area contributed by atoms with E-state index in [2.05, 4.69) is 26.2 Å². The van der Waals surface area contributed by atoms with Gasteiger partial charge in [0, 0.05) is 6.42 Å². The number of hydrazine groups is 1. The highest BCUT2D eigenvalue weighted by Gasteiger charge is 2.28. The zero-order valence-electron chi connectivity index (χ0n) is 10.5. The first kappa shape index (κ1) is 13.5. The Kier molecular flexibility index (Phi) is 4.12. The lowest BCUT2D eigenvalue weighted by Crippen LogP contribution is -2.33. The van der Waals surface area contributed by atoms with E-state index in [1.54, 1.807) is 12.1 Å². The van der Waals surface area contributed by atoms with Crippen molar-refractivity contribution in [1.29, 1.82) is 0 Å². The first-order chi connectivity index (χ1) is 7.84. The lowest BCUT2D eigenvalue weighted by Gasteiger charge is -2.30. The number of amides is 1. The average Bonchev–Trinajstić information content (AvgIpc) is 2.25. The molecule has 1 rings (SSSR count). The molecule has 1 unspecified atom stereocenters. The van der Waals surface area contributed by atoms with Gasteiger partial charge in [-0.2, -0.15) is 0 Å². The molecule has 0 aliphatic heterocycles. The molecule has 0 bridgehead atoms. The van der Waals surface area contributed by atoms with Gasteiger partial charge < -0.3 is 5.11 Å². The highest BCUT2D eigenvalue weighted by molar-refractivity contribution is 5.76. The van der Waals surface area contributed by atoms with Gasteiger partial charge in [-0.05, 0) is 29.0 Å². The molecule has 0 saturated carbocycles. The summed E-state index contributed by atoms with van der Waals surface area (Å²) >= 11 is 0. The minimum absolute atomic E-state index is 0.0521. The first-order valence-electron chi connectivity index (χ1n) is 5.63. The number of benzene rings is 1. The van der Waals surface area contributed by atoms with Crippen LogP contribution in [-0.4, -0.2) is 11.0 Å². The molecule has 94 valence electrons. The minimum atomic E-state index is -0.182. The molecule has 0 spiro atoms. The maximum atomic E-state index is 11.4. The predicted octanol–water partition coefficient (Wildman–Crippen LogP) is 1.90. The van der Waals surface area contributed by atoms with Gasteiger partial charge in [-0.1, -0.05) is 32.9 Å². The third-order valence-corrected chi connectivity index (χ3v) is 2.89. The van der Waals surface area contributed by atoms with E-state index >= 15 is 0 Å². The number of nitrogens with one attached hydrogen (secondary N) is 1. The van der Waals surface area contributed by atoms with E-state index in [-0.39, 0.29) is 23.0 Å². The largest absolute Gasteiger partial charge is 0.508 e. The minimum Gasteiger partial charge on any atom is -0.508 e. The van der Waals surface area contributed by atoms with E-state index in [0.29, 0.717) is 6.42 Å². The summed E-state index contributed by atoms with van der Waals surface area (Å²) in [4.78, 5) is 11.4. The maximum Gasteiger partial charge on any atom is 0.234 e. The standard InChI is InChI=1S/C13H20N2O2/c1-13(2,3)11(8-12(17)15-14)9-4-6-10(16)7-5-9/h4-7,11,16H,8,14H2,1-3H3,(H,15,17). The Morgan fingerprint density at radius 1 is 1.35 bits per heavy atom. The van der Waals surface area contributed by atoms with Crippen LogP contribution in [0.25, 0.3) is 0 Å². The second kappa shape index (κ2) is 5.19. The smallest absolute Gasteiger partial charge is 0.234 e. The fourth-order valence-corrected chi connectivity index (χ4v) is 1.87. The molecule has 1 amide bonds. The van der Waals surface area contributed by atoms with E-state index in [0.717, 1.165) is 5.56 Å². The van der Waals surface area contributed by atoms with E-state index in [1.807, 2.05) is 12.1 Å². The monoisotopic (exact) mass is 236 g/mol. The SMILES string of the molecule is CC(C)(C)C(CC(=O)NN)c1ccc(O)cc1. The van der Waals surface area contributed by atoms with E-state index in [4.69, 9.17) is 5.84 Å². The highest BCUT2D eigenvalue weighted by atomic mass is 16.3. The number of hydrogen-bond acceptors (Lipinski definition) is 3. The third kappa shape index (κ3) is 3.75. The summed E-state index contributed by atoms with van der Waals surface area (Å²) in [7, 11) is 0. The lowest BCUT2D eigenvalue weighted by atomic mass is 9.74. The van der Waals surface area contributed by atoms with Crippen LogP contribution < -0.4 is 11.3 Å². The molecule has 0 aliphatic carbocycles. The summed E-state index contributed by atoms with van der Waals surface area (Å²) in [6.07, 6.45) is 0.338. The second-order valence-electron chi connectivity index (χ2n) is 5.28. The molecule has 0 aliphatic rings. The van der Waals surface area contributed by atoms with Crippen LogP contribution in [0.1, 0.15) is 38.7 Å². The van der Waals surface area contributed by atoms with Crippen molar-refractivity contribution in [2.24, 2.45) is 11.3 Å². The van der Waals surface area contributed by atoms with Crippen LogP contribution in [0.3, 0.4) is 0 Å². The molecule has 1 atom stereocenters. The highest BCUT2D eigenvalue weighted by Crippen LogP contribution is 2.38. The van der Waals surface area contributed by atoms with Gasteiger partial charge in [-0.15, -0.1) is 0 Å². The topological polar surface area (TPSA) is 75.4 Å². The number of carbonyl (C=O) groups is 1. The van der Waals surface area contributed by atoms with Crippen molar-refractivity contribution in [2.75, 3.05) is 0 Å². The molecular formula is C13H20N2O2. The lowest BCUT2D eigenvalue weighted by molar-refractivity contribution is -0.122. The normalized spacial score (nSPS) is 13.2. The average molecular weight is 236 g/mol. The van der Waals surface area contributed by atoms with Gasteiger partial charge in [-0.25, -0.2) is 5.84 Å². The Balaban J connectivity index is 2.98. The molecule has 1 aromatic carbocycles. The summed E-state index contributed by atoms with van der Waals surface area (Å²) in [5.74, 6) is 5.23. The van der Waals surface area contributed by atoms with Gasteiger partial charge >= 0.3 is 0 Å². The molecule has 4 nitrogen and oxygen atoms in total. The quantitative estimate of drug-likeness (QED) is 0.426. The summed E-state index contributed by atoms with van der Waals surface area (Å²) in [5, 5.41) is 9.27. The maximum absolute atomic E-state index is 11.4. The zero-order valence-corrected chi connectivity index (χ0v) is 10.5. The van der Waals surface area contributed by atoms with Crippen LogP contribution in [-0.2, 0) is 4.79 Å². The van der Waals surface area contributed by atoms with Gasteiger partial charge in [0.1, 0.15) is 5.75 Å². The molecule has 0 fully saturated rings. The number of carbonyl (C=O) groups excluding carboxylic acids is 1. The van der Waals surface area contributed by atoms with E-state index in [9.17, 15) is 9.90 Å². The number of phenolic OH excluding ortho intramolecular Hbond substituents is 1. The number of rotatable bonds is 3. The van der Waals surface area contributed by atoms with Crippen LogP contribution in [0.15, 0.2) is 24.3 Å². The molecule has 0 saturated heterocycles. The van der Waals surface area contributed by atoms with Crippen LogP contribution in [0.2, 0.25) is 0 Å². The molecular weight excluding hydrogens is 216 g/mol. The summed E-state index contributed by atoms with van der Waals surface area (Å²) < 4.78 is 0. The zero-order chi connectivity index (χ0) is 13.1. The Morgan fingerprint density at radius 3 is 2.29 bits per heavy atom. The Labute approximate surface area is 102 Å². The molecule has 4 N–H and O–H groups in total. The van der Waals surface area contributed by atoms with Gasteiger partial charge in [-0.3, -0.25) is 10.2 Å². The number of phenols is 1. The van der Waals surface area contributed by atoms with Crippen molar-refractivity contribution in [3.8, 4) is 5.75 Å². The van der Waals surface area contributed by atoms with Gasteiger partial charge in [0.25, 0.3) is 0 Å². The Morgan fingerprint density at radius 2 is 1.88 bits per heavy atom. The van der Waals surface area contributed by atoms with Crippen LogP contribution in [0.5, 0.6) is 5.75 Å². The molecule has 4 heteroatoms. The fraction of sp³-hybridized carbons (Fsp3) is 0.462. The van der Waals surface area contributed by atoms with Crippen LogP contribution in [0, 0.1) is 5.41 Å². The summed E-state index contributed by atoms with van der Waals surface area (Å²) in [5.41, 5.74) is 3.14. The van der Waals surface area contributed by atoms with Crippen molar-refractivity contribution in [2.45, 2.75) is 33.1 Å². The molecule has 0 heterocycles. The molecule has 1 aromatic rings. The second-order valence-corrected chi connectivity index (χ2v) is 5.28. The van der Waals surface area contributed by atoms with Crippen molar-refractivity contribution >= 4 is 5.91 Å². The number of nitrogens with two attached hydrogens (primary N) is 1. The van der Waals surface area contributed by atoms with E-state index in [1.165, 1.54) is 0 Å². The van der Waals surface area contributed by atoms with Crippen molar-refractivity contribution < 1.29 is 9.90 Å². The number of hydrogen-bond donors (Lipinski definition) is 3.